The maximum atomic E-state index is 9.26. The van der Waals surface area contributed by atoms with E-state index in [1.807, 2.05) is 60.7 Å². The molecule has 0 atom stereocenters. The number of nitrogens with one attached hydrogen (secondary N) is 1. The number of ether oxygens (including phenoxy) is 1. The Hall–Kier alpha value is -4.23. The van der Waals surface area contributed by atoms with Crippen LogP contribution in [0.1, 0.15) is 11.3 Å². The standard InChI is InChI=1S/C25H20N4O3/c30-13-19-10-18(15-31-19)22-11-20-23(12-26-22)27-16-28-25(20)29-21-8-4-5-9-24(21)32-14-17-6-2-1-3-7-17/h1-12,15-16,30H,13-14H2,(H,27,28,29). The van der Waals surface area contributed by atoms with E-state index in [-0.39, 0.29) is 6.61 Å². The van der Waals surface area contributed by atoms with Crippen molar-refractivity contribution in [3.05, 3.63) is 96.8 Å². The Morgan fingerprint density at radius 2 is 1.78 bits per heavy atom. The minimum atomic E-state index is -0.163. The predicted octanol–water partition coefficient (Wildman–Crippen LogP) is 5.10. The van der Waals surface area contributed by atoms with Crippen molar-refractivity contribution in [3.63, 3.8) is 0 Å². The van der Waals surface area contributed by atoms with Crippen LogP contribution in [0.25, 0.3) is 22.2 Å². The van der Waals surface area contributed by atoms with Gasteiger partial charge in [-0.3, -0.25) is 4.98 Å². The predicted molar refractivity (Wildman–Crippen MR) is 121 cm³/mol. The smallest absolute Gasteiger partial charge is 0.143 e. The highest BCUT2D eigenvalue weighted by Gasteiger charge is 2.12. The van der Waals surface area contributed by atoms with Gasteiger partial charge in [0.1, 0.15) is 43.1 Å². The summed E-state index contributed by atoms with van der Waals surface area (Å²) in [6, 6.07) is 21.4. The molecule has 2 aromatic carbocycles. The van der Waals surface area contributed by atoms with Gasteiger partial charge in [-0.25, -0.2) is 9.97 Å². The molecule has 5 aromatic rings. The van der Waals surface area contributed by atoms with E-state index in [0.29, 0.717) is 29.4 Å². The number of nitrogens with zero attached hydrogens (tertiary/aromatic N) is 3. The van der Waals surface area contributed by atoms with Crippen molar-refractivity contribution >= 4 is 22.4 Å². The van der Waals surface area contributed by atoms with E-state index in [1.165, 1.54) is 6.33 Å². The zero-order chi connectivity index (χ0) is 21.8. The van der Waals surface area contributed by atoms with Crippen LogP contribution in [0.2, 0.25) is 0 Å². The molecule has 32 heavy (non-hydrogen) atoms. The molecule has 7 heteroatoms. The number of benzene rings is 2. The summed E-state index contributed by atoms with van der Waals surface area (Å²) in [6.45, 7) is 0.301. The van der Waals surface area contributed by atoms with Crippen molar-refractivity contribution in [3.8, 4) is 17.0 Å². The Morgan fingerprint density at radius 3 is 2.62 bits per heavy atom. The molecule has 158 valence electrons. The maximum Gasteiger partial charge on any atom is 0.143 e. The SMILES string of the molecule is OCc1cc(-c2cc3c(Nc4ccccc4OCc4ccccc4)ncnc3cn2)co1. The molecule has 0 aliphatic carbocycles. The molecule has 0 spiro atoms. The summed E-state index contributed by atoms with van der Waals surface area (Å²) in [7, 11) is 0. The number of aliphatic hydroxyl groups is 1. The summed E-state index contributed by atoms with van der Waals surface area (Å²) >= 11 is 0. The molecule has 0 radical (unpaired) electrons. The van der Waals surface area contributed by atoms with Crippen LogP contribution in [0.15, 0.2) is 89.9 Å². The third-order valence-electron chi connectivity index (χ3n) is 5.00. The number of hydrogen-bond donors (Lipinski definition) is 2. The van der Waals surface area contributed by atoms with Gasteiger partial charge in [-0.15, -0.1) is 0 Å². The summed E-state index contributed by atoms with van der Waals surface area (Å²) in [5.74, 6) is 1.84. The molecule has 5 rings (SSSR count). The van der Waals surface area contributed by atoms with Crippen molar-refractivity contribution in [1.29, 1.82) is 0 Å². The molecule has 0 aliphatic rings. The van der Waals surface area contributed by atoms with E-state index in [0.717, 1.165) is 28.0 Å². The third kappa shape index (κ3) is 4.14. The first-order chi connectivity index (χ1) is 15.8. The molecule has 7 nitrogen and oxygen atoms in total. The molecule has 0 saturated carbocycles. The van der Waals surface area contributed by atoms with Gasteiger partial charge in [-0.1, -0.05) is 42.5 Å². The summed E-state index contributed by atoms with van der Waals surface area (Å²) in [5.41, 5.74) is 4.07. The van der Waals surface area contributed by atoms with E-state index in [1.54, 1.807) is 18.5 Å². The minimum absolute atomic E-state index is 0.163. The number of hydrogen-bond acceptors (Lipinski definition) is 7. The van der Waals surface area contributed by atoms with Crippen molar-refractivity contribution < 1.29 is 14.3 Å². The highest BCUT2D eigenvalue weighted by molar-refractivity contribution is 5.92. The van der Waals surface area contributed by atoms with E-state index >= 15 is 0 Å². The molecule has 0 aliphatic heterocycles. The Morgan fingerprint density at radius 1 is 0.938 bits per heavy atom. The molecule has 0 amide bonds. The second-order valence-corrected chi connectivity index (χ2v) is 7.16. The Balaban J connectivity index is 1.46. The lowest BCUT2D eigenvalue weighted by atomic mass is 10.1. The third-order valence-corrected chi connectivity index (χ3v) is 5.00. The van der Waals surface area contributed by atoms with Gasteiger partial charge in [0, 0.05) is 10.9 Å². The zero-order valence-corrected chi connectivity index (χ0v) is 17.1. The van der Waals surface area contributed by atoms with E-state index in [2.05, 4.69) is 20.3 Å². The van der Waals surface area contributed by atoms with E-state index < -0.39 is 0 Å². The van der Waals surface area contributed by atoms with Gasteiger partial charge in [0.2, 0.25) is 0 Å². The van der Waals surface area contributed by atoms with Crippen molar-refractivity contribution in [1.82, 2.24) is 15.0 Å². The summed E-state index contributed by atoms with van der Waals surface area (Å²) in [4.78, 5) is 13.2. The van der Waals surface area contributed by atoms with Gasteiger partial charge in [0.05, 0.1) is 23.1 Å². The topological polar surface area (TPSA) is 93.3 Å². The number of rotatable bonds is 7. The summed E-state index contributed by atoms with van der Waals surface area (Å²) in [5, 5.41) is 13.5. The second-order valence-electron chi connectivity index (χ2n) is 7.16. The van der Waals surface area contributed by atoms with Crippen LogP contribution in [0.5, 0.6) is 5.75 Å². The lowest BCUT2D eigenvalue weighted by Gasteiger charge is -2.14. The van der Waals surface area contributed by atoms with Crippen molar-refractivity contribution in [2.45, 2.75) is 13.2 Å². The van der Waals surface area contributed by atoms with Crippen LogP contribution in [0.3, 0.4) is 0 Å². The van der Waals surface area contributed by atoms with Crippen molar-refractivity contribution in [2.75, 3.05) is 5.32 Å². The van der Waals surface area contributed by atoms with Crippen LogP contribution < -0.4 is 10.1 Å². The normalized spacial score (nSPS) is 10.9. The monoisotopic (exact) mass is 424 g/mol. The molecular formula is C25H20N4O3. The maximum absolute atomic E-state index is 9.26. The van der Waals surface area contributed by atoms with Crippen LogP contribution in [0.4, 0.5) is 11.5 Å². The number of aliphatic hydroxyl groups excluding tert-OH is 1. The van der Waals surface area contributed by atoms with Gasteiger partial charge >= 0.3 is 0 Å². The quantitative estimate of drug-likeness (QED) is 0.375. The number of para-hydroxylation sites is 2. The Kier molecular flexibility index (Phi) is 5.47. The molecule has 3 heterocycles. The number of pyridine rings is 1. The average molecular weight is 424 g/mol. The van der Waals surface area contributed by atoms with Crippen LogP contribution in [0, 0.1) is 0 Å². The highest BCUT2D eigenvalue weighted by Crippen LogP contribution is 2.31. The Bertz CT molecular complexity index is 1350. The molecule has 0 bridgehead atoms. The largest absolute Gasteiger partial charge is 0.487 e. The molecule has 0 saturated heterocycles. The number of furan rings is 1. The van der Waals surface area contributed by atoms with Crippen molar-refractivity contribution in [2.24, 2.45) is 0 Å². The molecular weight excluding hydrogens is 404 g/mol. The first-order valence-corrected chi connectivity index (χ1v) is 10.1. The van der Waals surface area contributed by atoms with Gasteiger partial charge < -0.3 is 19.6 Å². The van der Waals surface area contributed by atoms with Crippen LogP contribution >= 0.6 is 0 Å². The molecule has 0 unspecified atom stereocenters. The number of aromatic nitrogens is 3. The average Bonchev–Trinajstić information content (AvgIpc) is 3.34. The lowest BCUT2D eigenvalue weighted by Crippen LogP contribution is -2.01. The summed E-state index contributed by atoms with van der Waals surface area (Å²) in [6.07, 6.45) is 4.77. The fourth-order valence-electron chi connectivity index (χ4n) is 3.37. The van der Waals surface area contributed by atoms with Gasteiger partial charge in [0.25, 0.3) is 0 Å². The van der Waals surface area contributed by atoms with Gasteiger partial charge in [0.15, 0.2) is 0 Å². The van der Waals surface area contributed by atoms with E-state index in [4.69, 9.17) is 9.15 Å². The first-order valence-electron chi connectivity index (χ1n) is 10.1. The lowest BCUT2D eigenvalue weighted by molar-refractivity contribution is 0.247. The highest BCUT2D eigenvalue weighted by atomic mass is 16.5. The molecule has 0 fully saturated rings. The fourth-order valence-corrected chi connectivity index (χ4v) is 3.37. The van der Waals surface area contributed by atoms with Gasteiger partial charge in [-0.2, -0.15) is 0 Å². The number of fused-ring (bicyclic) bond motifs is 1. The molecule has 3 aromatic heterocycles. The first kappa shape index (κ1) is 19.7. The number of anilines is 2. The van der Waals surface area contributed by atoms with Crippen LogP contribution in [-0.4, -0.2) is 20.1 Å². The van der Waals surface area contributed by atoms with E-state index in [9.17, 15) is 5.11 Å². The zero-order valence-electron chi connectivity index (χ0n) is 17.1. The minimum Gasteiger partial charge on any atom is -0.487 e. The fraction of sp³-hybridized carbons (Fsp3) is 0.0800. The Labute approximate surface area is 184 Å². The van der Waals surface area contributed by atoms with Gasteiger partial charge in [-0.05, 0) is 29.8 Å². The summed E-state index contributed by atoms with van der Waals surface area (Å²) < 4.78 is 11.4. The molecule has 2 N–H and O–H groups in total. The van der Waals surface area contributed by atoms with Crippen LogP contribution in [-0.2, 0) is 13.2 Å². The second kappa shape index (κ2) is 8.87.